The molecule has 0 unspecified atom stereocenters. The SMILES string of the molecule is CCC(CC)=C1Oc2cccc(N)c2NC1=O. The van der Waals surface area contributed by atoms with E-state index in [4.69, 9.17) is 10.5 Å². The monoisotopic (exact) mass is 232 g/mol. The van der Waals surface area contributed by atoms with Crippen LogP contribution in [0.1, 0.15) is 26.7 Å². The lowest BCUT2D eigenvalue weighted by atomic mass is 10.1. The molecular weight excluding hydrogens is 216 g/mol. The molecule has 90 valence electrons. The number of carbonyl (C=O) groups is 1. The number of fused-ring (bicyclic) bond motifs is 1. The predicted molar refractivity (Wildman–Crippen MR) is 67.7 cm³/mol. The van der Waals surface area contributed by atoms with E-state index in [0.717, 1.165) is 18.4 Å². The highest BCUT2D eigenvalue weighted by Gasteiger charge is 2.25. The van der Waals surface area contributed by atoms with Crippen LogP contribution in [0.3, 0.4) is 0 Å². The lowest BCUT2D eigenvalue weighted by molar-refractivity contribution is -0.115. The quantitative estimate of drug-likeness (QED) is 0.608. The Labute approximate surface area is 100 Å². The predicted octanol–water partition coefficient (Wildman–Crippen LogP) is 2.67. The molecule has 1 heterocycles. The van der Waals surface area contributed by atoms with Gasteiger partial charge < -0.3 is 15.8 Å². The second kappa shape index (κ2) is 4.49. The van der Waals surface area contributed by atoms with Crippen LogP contribution >= 0.6 is 0 Å². The van der Waals surface area contributed by atoms with Crippen LogP contribution in [0.2, 0.25) is 0 Å². The Morgan fingerprint density at radius 3 is 2.71 bits per heavy atom. The Kier molecular flexibility index (Phi) is 3.04. The molecule has 17 heavy (non-hydrogen) atoms. The fraction of sp³-hybridized carbons (Fsp3) is 0.308. The fourth-order valence-corrected chi connectivity index (χ4v) is 1.90. The topological polar surface area (TPSA) is 64.3 Å². The number of nitrogens with two attached hydrogens (primary N) is 1. The Balaban J connectivity index is 2.47. The van der Waals surface area contributed by atoms with Gasteiger partial charge in [-0.05, 0) is 30.5 Å². The van der Waals surface area contributed by atoms with Crippen molar-refractivity contribution in [2.24, 2.45) is 0 Å². The molecule has 1 aliphatic rings. The van der Waals surface area contributed by atoms with Crippen LogP contribution in [0.5, 0.6) is 5.75 Å². The molecule has 3 N–H and O–H groups in total. The molecule has 0 radical (unpaired) electrons. The number of para-hydroxylation sites is 1. The van der Waals surface area contributed by atoms with Crippen molar-refractivity contribution in [1.82, 2.24) is 0 Å². The molecule has 1 aromatic carbocycles. The van der Waals surface area contributed by atoms with Crippen molar-refractivity contribution in [2.45, 2.75) is 26.7 Å². The molecule has 0 spiro atoms. The highest BCUT2D eigenvalue weighted by atomic mass is 16.5. The van der Waals surface area contributed by atoms with E-state index in [1.807, 2.05) is 13.8 Å². The van der Waals surface area contributed by atoms with Crippen LogP contribution < -0.4 is 15.8 Å². The zero-order chi connectivity index (χ0) is 12.4. The molecule has 0 bridgehead atoms. The van der Waals surface area contributed by atoms with Crippen LogP contribution in [0, 0.1) is 0 Å². The Morgan fingerprint density at radius 1 is 1.35 bits per heavy atom. The molecule has 0 aromatic heterocycles. The summed E-state index contributed by atoms with van der Waals surface area (Å²) in [5, 5.41) is 2.78. The number of hydrogen-bond donors (Lipinski definition) is 2. The van der Waals surface area contributed by atoms with E-state index in [2.05, 4.69) is 5.32 Å². The van der Waals surface area contributed by atoms with Gasteiger partial charge in [0.1, 0.15) is 5.69 Å². The van der Waals surface area contributed by atoms with Crippen molar-refractivity contribution in [2.75, 3.05) is 11.1 Å². The average molecular weight is 232 g/mol. The van der Waals surface area contributed by atoms with Crippen LogP contribution in [-0.2, 0) is 4.79 Å². The van der Waals surface area contributed by atoms with Crippen molar-refractivity contribution in [3.05, 3.63) is 29.5 Å². The summed E-state index contributed by atoms with van der Waals surface area (Å²) < 4.78 is 5.66. The molecule has 1 aromatic rings. The first-order valence-electron chi connectivity index (χ1n) is 5.77. The van der Waals surface area contributed by atoms with Crippen molar-refractivity contribution >= 4 is 17.3 Å². The number of rotatable bonds is 2. The summed E-state index contributed by atoms with van der Waals surface area (Å²) in [6.07, 6.45) is 1.60. The van der Waals surface area contributed by atoms with Crippen molar-refractivity contribution in [3.8, 4) is 5.75 Å². The van der Waals surface area contributed by atoms with Gasteiger partial charge in [-0.3, -0.25) is 4.79 Å². The molecule has 0 saturated carbocycles. The molecule has 1 amide bonds. The highest BCUT2D eigenvalue weighted by molar-refractivity contribution is 6.08. The van der Waals surface area contributed by atoms with Gasteiger partial charge >= 0.3 is 0 Å². The van der Waals surface area contributed by atoms with E-state index in [9.17, 15) is 4.79 Å². The third-order valence-corrected chi connectivity index (χ3v) is 2.89. The summed E-state index contributed by atoms with van der Waals surface area (Å²) in [4.78, 5) is 11.9. The van der Waals surface area contributed by atoms with Crippen molar-refractivity contribution in [3.63, 3.8) is 0 Å². The lowest BCUT2D eigenvalue weighted by Crippen LogP contribution is -2.25. The van der Waals surface area contributed by atoms with Gasteiger partial charge in [0.25, 0.3) is 5.91 Å². The Bertz CT molecular complexity index is 486. The standard InChI is InChI=1S/C13H16N2O2/c1-3-8(4-2)12-13(16)15-11-9(14)6-5-7-10(11)17-12/h5-7H,3-4,14H2,1-2H3,(H,15,16). The maximum absolute atomic E-state index is 11.9. The normalized spacial score (nSPS) is 13.8. The third kappa shape index (κ3) is 1.98. The maximum Gasteiger partial charge on any atom is 0.291 e. The van der Waals surface area contributed by atoms with Crippen molar-refractivity contribution in [1.29, 1.82) is 0 Å². The Hall–Kier alpha value is -1.97. The van der Waals surface area contributed by atoms with Gasteiger partial charge in [-0.1, -0.05) is 19.9 Å². The van der Waals surface area contributed by atoms with Crippen LogP contribution in [0.25, 0.3) is 0 Å². The molecule has 0 atom stereocenters. The van der Waals surface area contributed by atoms with E-state index < -0.39 is 0 Å². The van der Waals surface area contributed by atoms with Crippen LogP contribution in [-0.4, -0.2) is 5.91 Å². The Morgan fingerprint density at radius 2 is 2.06 bits per heavy atom. The molecular formula is C13H16N2O2. The second-order valence-electron chi connectivity index (χ2n) is 3.92. The number of benzene rings is 1. The molecule has 2 rings (SSSR count). The summed E-state index contributed by atoms with van der Waals surface area (Å²) in [6.45, 7) is 4.02. The molecule has 4 nitrogen and oxygen atoms in total. The van der Waals surface area contributed by atoms with E-state index in [0.29, 0.717) is 22.9 Å². The zero-order valence-electron chi connectivity index (χ0n) is 10.0. The van der Waals surface area contributed by atoms with Gasteiger partial charge in [-0.15, -0.1) is 0 Å². The van der Waals surface area contributed by atoms with Gasteiger partial charge in [0, 0.05) is 0 Å². The van der Waals surface area contributed by atoms with Crippen LogP contribution in [0.4, 0.5) is 11.4 Å². The van der Waals surface area contributed by atoms with E-state index in [-0.39, 0.29) is 5.91 Å². The van der Waals surface area contributed by atoms with Gasteiger partial charge in [-0.2, -0.15) is 0 Å². The van der Waals surface area contributed by atoms with E-state index in [1.54, 1.807) is 18.2 Å². The molecule has 0 fully saturated rings. The third-order valence-electron chi connectivity index (χ3n) is 2.89. The van der Waals surface area contributed by atoms with Crippen molar-refractivity contribution < 1.29 is 9.53 Å². The molecule has 0 aliphatic carbocycles. The number of nitrogens with one attached hydrogen (secondary N) is 1. The minimum atomic E-state index is -0.214. The largest absolute Gasteiger partial charge is 0.449 e. The minimum absolute atomic E-state index is 0.214. The highest BCUT2D eigenvalue weighted by Crippen LogP contribution is 2.36. The number of hydrogen-bond acceptors (Lipinski definition) is 3. The summed E-state index contributed by atoms with van der Waals surface area (Å²) in [5.74, 6) is 0.807. The zero-order valence-corrected chi connectivity index (χ0v) is 10.0. The molecule has 4 heteroatoms. The summed E-state index contributed by atoms with van der Waals surface area (Å²) in [6, 6.07) is 5.34. The number of ether oxygens (including phenoxy) is 1. The first kappa shape index (κ1) is 11.5. The smallest absolute Gasteiger partial charge is 0.291 e. The number of carbonyl (C=O) groups excluding carboxylic acids is 1. The second-order valence-corrected chi connectivity index (χ2v) is 3.92. The summed E-state index contributed by atoms with van der Waals surface area (Å²) in [5.41, 5.74) is 7.87. The van der Waals surface area contributed by atoms with Gasteiger partial charge in [0.05, 0.1) is 5.69 Å². The van der Waals surface area contributed by atoms with Crippen LogP contribution in [0.15, 0.2) is 29.5 Å². The van der Waals surface area contributed by atoms with Gasteiger partial charge in [0.15, 0.2) is 11.5 Å². The number of amides is 1. The van der Waals surface area contributed by atoms with Gasteiger partial charge in [-0.25, -0.2) is 0 Å². The number of allylic oxidation sites excluding steroid dienone is 1. The number of anilines is 2. The van der Waals surface area contributed by atoms with E-state index >= 15 is 0 Å². The summed E-state index contributed by atoms with van der Waals surface area (Å²) in [7, 11) is 0. The van der Waals surface area contributed by atoms with E-state index in [1.165, 1.54) is 0 Å². The van der Waals surface area contributed by atoms with Gasteiger partial charge in [0.2, 0.25) is 0 Å². The summed E-state index contributed by atoms with van der Waals surface area (Å²) >= 11 is 0. The average Bonchev–Trinajstić information content (AvgIpc) is 2.33. The minimum Gasteiger partial charge on any atom is -0.449 e. The first-order chi connectivity index (χ1) is 8.17. The number of nitrogen functional groups attached to an aromatic ring is 1. The lowest BCUT2D eigenvalue weighted by Gasteiger charge is -2.23. The fourth-order valence-electron chi connectivity index (χ4n) is 1.90. The first-order valence-corrected chi connectivity index (χ1v) is 5.77. The molecule has 0 saturated heterocycles. The molecule has 1 aliphatic heterocycles. The maximum atomic E-state index is 11.9.